The monoisotopic (exact) mass is 226 g/mol. The fourth-order valence-corrected chi connectivity index (χ4v) is 2.57. The van der Waals surface area contributed by atoms with Crippen LogP contribution in [0.1, 0.15) is 16.8 Å². The molecular weight excluding hydrogens is 219 g/mol. The number of rotatable bonds is 1. The Morgan fingerprint density at radius 1 is 1.53 bits per heavy atom. The fourth-order valence-electron chi connectivity index (χ4n) is 1.44. The van der Waals surface area contributed by atoms with Crippen LogP contribution in [0.3, 0.4) is 0 Å². The molecule has 1 unspecified atom stereocenters. The van der Waals surface area contributed by atoms with Crippen LogP contribution in [-0.4, -0.2) is 22.1 Å². The molecule has 5 heteroatoms. The number of thioether (sulfide) groups is 1. The van der Waals surface area contributed by atoms with Gasteiger partial charge in [-0.05, 0) is 18.2 Å². The SMILES string of the molecule is O=C1CC(C(=O)O)Sc2cc(F)ccc21. The summed E-state index contributed by atoms with van der Waals surface area (Å²) in [7, 11) is 0. The lowest BCUT2D eigenvalue weighted by molar-refractivity contribution is -0.136. The lowest BCUT2D eigenvalue weighted by Gasteiger charge is -2.19. The highest BCUT2D eigenvalue weighted by Gasteiger charge is 2.30. The zero-order chi connectivity index (χ0) is 11.0. The van der Waals surface area contributed by atoms with Crippen molar-refractivity contribution in [3.63, 3.8) is 0 Å². The smallest absolute Gasteiger partial charge is 0.317 e. The van der Waals surface area contributed by atoms with E-state index in [1.54, 1.807) is 0 Å². The summed E-state index contributed by atoms with van der Waals surface area (Å²) >= 11 is 1.02. The quantitative estimate of drug-likeness (QED) is 0.795. The first-order chi connectivity index (χ1) is 7.08. The number of ketones is 1. The molecule has 1 aliphatic rings. The van der Waals surface area contributed by atoms with Crippen molar-refractivity contribution in [1.29, 1.82) is 0 Å². The Balaban J connectivity index is 2.41. The van der Waals surface area contributed by atoms with Crippen LogP contribution in [0.15, 0.2) is 23.1 Å². The molecule has 1 N–H and O–H groups in total. The zero-order valence-electron chi connectivity index (χ0n) is 7.57. The first-order valence-corrected chi connectivity index (χ1v) is 5.18. The van der Waals surface area contributed by atoms with Crippen LogP contribution in [-0.2, 0) is 4.79 Å². The molecule has 15 heavy (non-hydrogen) atoms. The molecule has 0 fully saturated rings. The van der Waals surface area contributed by atoms with Gasteiger partial charge in [-0.3, -0.25) is 9.59 Å². The molecule has 1 heterocycles. The third-order valence-electron chi connectivity index (χ3n) is 2.16. The third-order valence-corrected chi connectivity index (χ3v) is 3.40. The van der Waals surface area contributed by atoms with Gasteiger partial charge in [0.2, 0.25) is 0 Å². The second-order valence-corrected chi connectivity index (χ2v) is 4.46. The molecule has 0 bridgehead atoms. The van der Waals surface area contributed by atoms with E-state index >= 15 is 0 Å². The number of halogens is 1. The van der Waals surface area contributed by atoms with Crippen molar-refractivity contribution in [3.05, 3.63) is 29.6 Å². The number of carbonyl (C=O) groups is 2. The van der Waals surface area contributed by atoms with E-state index in [0.29, 0.717) is 10.5 Å². The average molecular weight is 226 g/mol. The van der Waals surface area contributed by atoms with Crippen molar-refractivity contribution >= 4 is 23.5 Å². The highest BCUT2D eigenvalue weighted by Crippen LogP contribution is 2.35. The van der Waals surface area contributed by atoms with E-state index in [1.807, 2.05) is 0 Å². The third kappa shape index (κ3) is 1.87. The Kier molecular flexibility index (Phi) is 2.48. The fraction of sp³-hybridized carbons (Fsp3) is 0.200. The number of fused-ring (bicyclic) bond motifs is 1. The van der Waals surface area contributed by atoms with Crippen molar-refractivity contribution < 1.29 is 19.1 Å². The highest BCUT2D eigenvalue weighted by atomic mass is 32.2. The van der Waals surface area contributed by atoms with Crippen LogP contribution in [0.2, 0.25) is 0 Å². The Hall–Kier alpha value is -1.36. The predicted molar refractivity (Wildman–Crippen MR) is 52.6 cm³/mol. The van der Waals surface area contributed by atoms with Crippen molar-refractivity contribution in [2.75, 3.05) is 0 Å². The van der Waals surface area contributed by atoms with Gasteiger partial charge < -0.3 is 5.11 Å². The molecule has 0 saturated heterocycles. The lowest BCUT2D eigenvalue weighted by Crippen LogP contribution is -2.24. The zero-order valence-corrected chi connectivity index (χ0v) is 8.38. The van der Waals surface area contributed by atoms with Crippen LogP contribution >= 0.6 is 11.8 Å². The van der Waals surface area contributed by atoms with Crippen molar-refractivity contribution in [2.45, 2.75) is 16.6 Å². The van der Waals surface area contributed by atoms with Gasteiger partial charge in [-0.25, -0.2) is 4.39 Å². The molecule has 2 rings (SSSR count). The second-order valence-electron chi connectivity index (χ2n) is 3.21. The minimum Gasteiger partial charge on any atom is -0.480 e. The molecule has 3 nitrogen and oxygen atoms in total. The predicted octanol–water partition coefficient (Wildman–Crippen LogP) is 1.96. The number of aliphatic carboxylic acids is 1. The Morgan fingerprint density at radius 2 is 2.27 bits per heavy atom. The maximum absolute atomic E-state index is 12.9. The molecule has 78 valence electrons. The van der Waals surface area contributed by atoms with Crippen LogP contribution < -0.4 is 0 Å². The van der Waals surface area contributed by atoms with Gasteiger partial charge in [-0.15, -0.1) is 11.8 Å². The molecule has 0 saturated carbocycles. The molecule has 1 aromatic rings. The first-order valence-electron chi connectivity index (χ1n) is 4.30. The van der Waals surface area contributed by atoms with Crippen LogP contribution in [0.4, 0.5) is 4.39 Å². The number of carbonyl (C=O) groups excluding carboxylic acids is 1. The lowest BCUT2D eigenvalue weighted by atomic mass is 10.1. The van der Waals surface area contributed by atoms with E-state index in [9.17, 15) is 14.0 Å². The number of benzene rings is 1. The first kappa shape index (κ1) is 10.2. The molecule has 0 spiro atoms. The van der Waals surface area contributed by atoms with E-state index in [0.717, 1.165) is 11.8 Å². The number of hydrogen-bond donors (Lipinski definition) is 1. The summed E-state index contributed by atoms with van der Waals surface area (Å²) in [6, 6.07) is 3.81. The number of carboxylic acids is 1. The molecule has 0 aliphatic carbocycles. The largest absolute Gasteiger partial charge is 0.480 e. The minimum absolute atomic E-state index is 0.0291. The van der Waals surface area contributed by atoms with Crippen molar-refractivity contribution in [3.8, 4) is 0 Å². The van der Waals surface area contributed by atoms with E-state index < -0.39 is 17.0 Å². The van der Waals surface area contributed by atoms with Crippen molar-refractivity contribution in [2.24, 2.45) is 0 Å². The second kappa shape index (κ2) is 3.66. The maximum atomic E-state index is 12.9. The van der Waals surface area contributed by atoms with Gasteiger partial charge in [-0.2, -0.15) is 0 Å². The van der Waals surface area contributed by atoms with Crippen LogP contribution in [0.5, 0.6) is 0 Å². The van der Waals surface area contributed by atoms with Gasteiger partial charge in [0, 0.05) is 16.9 Å². The van der Waals surface area contributed by atoms with E-state index in [2.05, 4.69) is 0 Å². The minimum atomic E-state index is -1.04. The summed E-state index contributed by atoms with van der Waals surface area (Å²) in [4.78, 5) is 22.7. The summed E-state index contributed by atoms with van der Waals surface area (Å²) in [5, 5.41) is 7.98. The van der Waals surface area contributed by atoms with Crippen molar-refractivity contribution in [1.82, 2.24) is 0 Å². The summed E-state index contributed by atoms with van der Waals surface area (Å²) in [5.41, 5.74) is 0.416. The van der Waals surface area contributed by atoms with Gasteiger partial charge in [0.05, 0.1) is 0 Å². The Labute approximate surface area is 89.3 Å². The number of carboxylic acid groups (broad SMARTS) is 1. The Morgan fingerprint density at radius 3 is 2.93 bits per heavy atom. The van der Waals surface area contributed by atoms with Gasteiger partial charge >= 0.3 is 5.97 Å². The highest BCUT2D eigenvalue weighted by molar-refractivity contribution is 8.00. The van der Waals surface area contributed by atoms with Gasteiger partial charge in [0.1, 0.15) is 11.1 Å². The molecule has 1 aromatic carbocycles. The van der Waals surface area contributed by atoms with E-state index in [4.69, 9.17) is 5.11 Å². The topological polar surface area (TPSA) is 54.4 Å². The summed E-state index contributed by atoms with van der Waals surface area (Å²) in [6.07, 6.45) is -0.0291. The van der Waals surface area contributed by atoms with Crippen LogP contribution in [0.25, 0.3) is 0 Å². The van der Waals surface area contributed by atoms with Gasteiger partial charge in [0.15, 0.2) is 5.78 Å². The standard InChI is InChI=1S/C10H7FO3S/c11-5-1-2-6-7(12)4-9(10(13)14)15-8(6)3-5/h1-3,9H,4H2,(H,13,14). The summed E-state index contributed by atoms with van der Waals surface area (Å²) < 4.78 is 12.9. The summed E-state index contributed by atoms with van der Waals surface area (Å²) in [5.74, 6) is -1.74. The molecule has 0 radical (unpaired) electrons. The number of hydrogen-bond acceptors (Lipinski definition) is 3. The Bertz CT molecular complexity index is 444. The molecule has 1 aliphatic heterocycles. The van der Waals surface area contributed by atoms with Gasteiger partial charge in [0.25, 0.3) is 0 Å². The molecule has 0 aromatic heterocycles. The van der Waals surface area contributed by atoms with E-state index in [-0.39, 0.29) is 12.2 Å². The molecule has 0 amide bonds. The molecular formula is C10H7FO3S. The number of Topliss-reactive ketones (excluding diaryl/α,β-unsaturated/α-hetero) is 1. The average Bonchev–Trinajstić information content (AvgIpc) is 2.16. The van der Waals surface area contributed by atoms with Crippen LogP contribution in [0, 0.1) is 5.82 Å². The summed E-state index contributed by atoms with van der Waals surface area (Å²) in [6.45, 7) is 0. The molecule has 1 atom stereocenters. The normalized spacial score (nSPS) is 19.8. The maximum Gasteiger partial charge on any atom is 0.317 e. The van der Waals surface area contributed by atoms with E-state index in [1.165, 1.54) is 18.2 Å². The van der Waals surface area contributed by atoms with Gasteiger partial charge in [-0.1, -0.05) is 0 Å².